The normalized spacial score (nSPS) is 16.8. The number of aromatic nitrogens is 2. The largest absolute Gasteiger partial charge is 0.324 e. The lowest BCUT2D eigenvalue weighted by molar-refractivity contribution is 0.438. The van der Waals surface area contributed by atoms with Gasteiger partial charge in [-0.25, -0.2) is 5.01 Å². The summed E-state index contributed by atoms with van der Waals surface area (Å²) < 4.78 is 0. The zero-order valence-corrected chi connectivity index (χ0v) is 18.5. The van der Waals surface area contributed by atoms with Crippen molar-refractivity contribution in [2.24, 2.45) is 10.1 Å². The molecule has 1 aliphatic rings. The number of hydrogen-bond acceptors (Lipinski definition) is 6. The molecule has 0 saturated heterocycles. The summed E-state index contributed by atoms with van der Waals surface area (Å²) in [6.07, 6.45) is 0. The Bertz CT molecular complexity index is 1060. The van der Waals surface area contributed by atoms with E-state index >= 15 is 0 Å². The minimum atomic E-state index is -0.0248. The van der Waals surface area contributed by atoms with Gasteiger partial charge in [0.1, 0.15) is 10.4 Å². The van der Waals surface area contributed by atoms with Crippen molar-refractivity contribution in [2.45, 2.75) is 26.1 Å². The van der Waals surface area contributed by atoms with Crippen LogP contribution < -0.4 is 5.32 Å². The van der Waals surface area contributed by atoms with Crippen LogP contribution in [0.15, 0.2) is 58.6 Å². The number of benzene rings is 2. The number of nitrogens with one attached hydrogen (secondary N) is 1. The number of hydrazone groups is 1. The smallest absolute Gasteiger partial charge is 0.234 e. The van der Waals surface area contributed by atoms with Crippen molar-refractivity contribution in [2.75, 3.05) is 5.32 Å². The van der Waals surface area contributed by atoms with Gasteiger partial charge in [0.15, 0.2) is 0 Å². The third kappa shape index (κ3) is 4.77. The Kier molecular flexibility index (Phi) is 5.84. The van der Waals surface area contributed by atoms with Gasteiger partial charge in [-0.05, 0) is 50.6 Å². The molecule has 1 aliphatic heterocycles. The maximum atomic E-state index is 6.03. The second-order valence-corrected chi connectivity index (χ2v) is 9.39. The molecule has 1 unspecified atom stereocenters. The Balaban J connectivity index is 1.72. The monoisotopic (exact) mass is 442 g/mol. The minimum absolute atomic E-state index is 0.0248. The van der Waals surface area contributed by atoms with E-state index in [1.807, 2.05) is 43.1 Å². The van der Waals surface area contributed by atoms with Crippen LogP contribution in [0.25, 0.3) is 0 Å². The molecule has 0 fully saturated rings. The Morgan fingerprint density at radius 2 is 1.76 bits per heavy atom. The van der Waals surface area contributed by atoms with Crippen LogP contribution in [0.4, 0.5) is 10.8 Å². The molecule has 3 aromatic rings. The van der Waals surface area contributed by atoms with Crippen molar-refractivity contribution in [1.29, 1.82) is 0 Å². The minimum Gasteiger partial charge on any atom is -0.324 e. The fraction of sp³-hybridized carbons (Fsp3) is 0.200. The molecule has 1 N–H and O–H groups in total. The predicted octanol–water partition coefficient (Wildman–Crippen LogP) is 5.99. The van der Waals surface area contributed by atoms with Gasteiger partial charge in [0.05, 0.1) is 5.04 Å². The van der Waals surface area contributed by atoms with Crippen molar-refractivity contribution in [3.8, 4) is 0 Å². The van der Waals surface area contributed by atoms with Crippen LogP contribution in [-0.2, 0) is 0 Å². The first-order valence-electron chi connectivity index (χ1n) is 8.97. The number of anilines is 1. The zero-order chi connectivity index (χ0) is 20.4. The molecule has 1 aromatic heterocycles. The molecule has 0 saturated carbocycles. The summed E-state index contributed by atoms with van der Waals surface area (Å²) in [6.45, 7) is 5.99. The predicted molar refractivity (Wildman–Crippen MR) is 123 cm³/mol. The summed E-state index contributed by atoms with van der Waals surface area (Å²) in [5.74, 6) is 0.582. The Morgan fingerprint density at radius 1 is 1.03 bits per heavy atom. The van der Waals surface area contributed by atoms with E-state index in [-0.39, 0.29) is 5.37 Å². The number of rotatable bonds is 3. The summed E-state index contributed by atoms with van der Waals surface area (Å²) in [7, 11) is 0. The average molecular weight is 443 g/mol. The van der Waals surface area contributed by atoms with Gasteiger partial charge in [0.25, 0.3) is 0 Å². The van der Waals surface area contributed by atoms with E-state index in [0.717, 1.165) is 21.3 Å². The van der Waals surface area contributed by atoms with Crippen LogP contribution >= 0.6 is 34.7 Å². The summed E-state index contributed by atoms with van der Waals surface area (Å²) in [6, 6.07) is 16.0. The molecule has 0 amide bonds. The molecule has 2 heterocycles. The number of hydrogen-bond donors (Lipinski definition) is 1. The average Bonchev–Trinajstić information content (AvgIpc) is 3.29. The topological polar surface area (TPSA) is 65.8 Å². The highest BCUT2D eigenvalue weighted by molar-refractivity contribution is 8.14. The van der Waals surface area contributed by atoms with E-state index in [9.17, 15) is 0 Å². The van der Waals surface area contributed by atoms with Gasteiger partial charge in [-0.2, -0.15) is 10.1 Å². The number of guanidine groups is 1. The summed E-state index contributed by atoms with van der Waals surface area (Å²) in [5, 5.41) is 21.3. The molecule has 2 aromatic carbocycles. The first kappa shape index (κ1) is 19.9. The van der Waals surface area contributed by atoms with E-state index < -0.39 is 0 Å². The van der Waals surface area contributed by atoms with E-state index in [4.69, 9.17) is 21.7 Å². The summed E-state index contributed by atoms with van der Waals surface area (Å²) >= 11 is 9.16. The van der Waals surface area contributed by atoms with Crippen molar-refractivity contribution in [3.63, 3.8) is 0 Å². The van der Waals surface area contributed by atoms with Crippen molar-refractivity contribution in [3.05, 3.63) is 69.7 Å². The first-order valence-corrected chi connectivity index (χ1v) is 11.0. The van der Waals surface area contributed by atoms with E-state index in [1.54, 1.807) is 11.8 Å². The van der Waals surface area contributed by atoms with Crippen molar-refractivity contribution < 1.29 is 0 Å². The molecular weight excluding hydrogens is 424 g/mol. The maximum absolute atomic E-state index is 6.03. The highest BCUT2D eigenvalue weighted by Gasteiger charge is 2.31. The van der Waals surface area contributed by atoms with Gasteiger partial charge in [0, 0.05) is 10.7 Å². The molecule has 148 valence electrons. The highest BCUT2D eigenvalue weighted by Crippen LogP contribution is 2.40. The van der Waals surface area contributed by atoms with E-state index in [1.165, 1.54) is 16.9 Å². The van der Waals surface area contributed by atoms with Crippen LogP contribution in [-0.4, -0.2) is 26.2 Å². The van der Waals surface area contributed by atoms with Crippen molar-refractivity contribution in [1.82, 2.24) is 15.2 Å². The van der Waals surface area contributed by atoms with E-state index in [0.29, 0.717) is 16.1 Å². The molecule has 29 heavy (non-hydrogen) atoms. The van der Waals surface area contributed by atoms with Crippen LogP contribution in [0.5, 0.6) is 0 Å². The van der Waals surface area contributed by atoms with Gasteiger partial charge in [-0.15, -0.1) is 10.2 Å². The molecule has 0 bridgehead atoms. The van der Waals surface area contributed by atoms with Gasteiger partial charge in [-0.1, -0.05) is 64.5 Å². The third-order valence-electron chi connectivity index (χ3n) is 4.15. The highest BCUT2D eigenvalue weighted by atomic mass is 35.5. The Labute approximate surface area is 182 Å². The number of halogens is 1. The van der Waals surface area contributed by atoms with Crippen molar-refractivity contribution >= 4 is 56.5 Å². The van der Waals surface area contributed by atoms with Gasteiger partial charge >= 0.3 is 0 Å². The van der Waals surface area contributed by atoms with E-state index in [2.05, 4.69) is 46.7 Å². The lowest BCUT2D eigenvalue weighted by Crippen LogP contribution is -2.32. The Hall–Kier alpha value is -2.42. The quantitative estimate of drug-likeness (QED) is 0.398. The SMILES string of the molecule is CC1=NN(/C(=N/c2nnc(C)s2)Nc2ccc(Cl)cc2)C(c2ccc(C)cc2)S1. The molecule has 1 atom stereocenters. The molecule has 0 spiro atoms. The lowest BCUT2D eigenvalue weighted by atomic mass is 10.1. The van der Waals surface area contributed by atoms with Crippen LogP contribution in [0, 0.1) is 13.8 Å². The second-order valence-electron chi connectivity index (χ2n) is 6.52. The second kappa shape index (κ2) is 8.52. The van der Waals surface area contributed by atoms with Gasteiger partial charge in [0.2, 0.25) is 11.1 Å². The molecule has 4 rings (SSSR count). The van der Waals surface area contributed by atoms with Crippen LogP contribution in [0.2, 0.25) is 5.02 Å². The Morgan fingerprint density at radius 3 is 2.41 bits per heavy atom. The van der Waals surface area contributed by atoms with Gasteiger partial charge in [-0.3, -0.25) is 0 Å². The lowest BCUT2D eigenvalue weighted by Gasteiger charge is -2.25. The summed E-state index contributed by atoms with van der Waals surface area (Å²) in [5.41, 5.74) is 3.24. The zero-order valence-electron chi connectivity index (χ0n) is 16.1. The molecule has 9 heteroatoms. The van der Waals surface area contributed by atoms with Gasteiger partial charge < -0.3 is 5.32 Å². The molecular formula is C20H19ClN6S2. The molecule has 0 aliphatic carbocycles. The molecule has 6 nitrogen and oxygen atoms in total. The number of aliphatic imine (C=N–C) groups is 1. The number of aryl methyl sites for hydroxylation is 2. The fourth-order valence-electron chi connectivity index (χ4n) is 2.76. The first-order chi connectivity index (χ1) is 14.0. The maximum Gasteiger partial charge on any atom is 0.234 e. The fourth-order valence-corrected chi connectivity index (χ4v) is 4.44. The number of thioether (sulfide) groups is 1. The summed E-state index contributed by atoms with van der Waals surface area (Å²) in [4.78, 5) is 4.73. The van der Waals surface area contributed by atoms with Crippen LogP contribution in [0.1, 0.15) is 28.4 Å². The molecule has 0 radical (unpaired) electrons. The van der Waals surface area contributed by atoms with Crippen LogP contribution in [0.3, 0.4) is 0 Å². The standard InChI is InChI=1S/C20H19ClN6S2/c1-12-4-6-15(7-5-12)18-27(26-14(3)28-18)19(23-20-25-24-13(2)29-20)22-17-10-8-16(21)9-11-17/h4-11,18H,1-3H3,(H,22,23,25). The third-order valence-corrected chi connectivity index (χ3v) is 6.25. The number of nitrogens with zero attached hydrogens (tertiary/aromatic N) is 5.